The maximum absolute atomic E-state index is 12.0. The van der Waals surface area contributed by atoms with E-state index in [9.17, 15) is 9.59 Å². The summed E-state index contributed by atoms with van der Waals surface area (Å²) in [5.74, 6) is -0.168. The molecule has 2 N–H and O–H groups in total. The highest BCUT2D eigenvalue weighted by atomic mass is 16.1. The number of allylic oxidation sites excluding steroid dienone is 1. The molecule has 0 atom stereocenters. The molecule has 124 valence electrons. The van der Waals surface area contributed by atoms with Crippen LogP contribution in [0.15, 0.2) is 52.9 Å². The van der Waals surface area contributed by atoms with Crippen molar-refractivity contribution in [3.8, 4) is 0 Å². The monoisotopic (exact) mass is 322 g/mol. The number of carbonyl (C=O) groups is 1. The van der Waals surface area contributed by atoms with Crippen LogP contribution in [0.3, 0.4) is 0 Å². The minimum Gasteiger partial charge on any atom is -0.352 e. The molecule has 0 saturated heterocycles. The first-order chi connectivity index (χ1) is 11.7. The summed E-state index contributed by atoms with van der Waals surface area (Å²) in [4.78, 5) is 26.7. The lowest BCUT2D eigenvalue weighted by molar-refractivity contribution is -0.116. The number of H-pyrrole nitrogens is 1. The van der Waals surface area contributed by atoms with Crippen LogP contribution >= 0.6 is 0 Å². The first kappa shape index (κ1) is 16.2. The Morgan fingerprint density at radius 1 is 1.25 bits per heavy atom. The number of amides is 1. The molecule has 0 radical (unpaired) electrons. The summed E-state index contributed by atoms with van der Waals surface area (Å²) in [5, 5.41) is 3.82. The summed E-state index contributed by atoms with van der Waals surface area (Å²) in [7, 11) is 0. The quantitative estimate of drug-likeness (QED) is 0.653. The molecule has 1 aliphatic rings. The van der Waals surface area contributed by atoms with Crippen LogP contribution in [-0.4, -0.2) is 17.4 Å². The van der Waals surface area contributed by atoms with Gasteiger partial charge in [-0.05, 0) is 55.7 Å². The summed E-state index contributed by atoms with van der Waals surface area (Å²) in [6, 6.07) is 9.38. The number of hydrogen-bond acceptors (Lipinski definition) is 2. The van der Waals surface area contributed by atoms with Crippen molar-refractivity contribution in [2.75, 3.05) is 6.54 Å². The van der Waals surface area contributed by atoms with Gasteiger partial charge < -0.3 is 10.3 Å². The Balaban J connectivity index is 1.58. The number of rotatable bonds is 5. The van der Waals surface area contributed by atoms with E-state index >= 15 is 0 Å². The lowest BCUT2D eigenvalue weighted by atomic mass is 9.97. The van der Waals surface area contributed by atoms with E-state index in [0.29, 0.717) is 12.1 Å². The highest BCUT2D eigenvalue weighted by molar-refractivity contribution is 5.92. The molecule has 1 aliphatic carbocycles. The SMILES string of the molecule is O=C(/C=C/c1cc2ccccc2[nH]c1=O)NCCC1=CCCCC1. The van der Waals surface area contributed by atoms with E-state index in [2.05, 4.69) is 16.4 Å². The van der Waals surface area contributed by atoms with E-state index in [1.165, 1.54) is 24.5 Å². The van der Waals surface area contributed by atoms with E-state index in [1.54, 1.807) is 12.1 Å². The van der Waals surface area contributed by atoms with E-state index in [4.69, 9.17) is 0 Å². The van der Waals surface area contributed by atoms with Gasteiger partial charge in [0.05, 0.1) is 0 Å². The van der Waals surface area contributed by atoms with Gasteiger partial charge >= 0.3 is 0 Å². The molecule has 0 bridgehead atoms. The number of hydrogen-bond donors (Lipinski definition) is 2. The number of fused-ring (bicyclic) bond motifs is 1. The molecule has 0 fully saturated rings. The fraction of sp³-hybridized carbons (Fsp3) is 0.300. The van der Waals surface area contributed by atoms with E-state index < -0.39 is 0 Å². The molecule has 0 aliphatic heterocycles. The van der Waals surface area contributed by atoms with Crippen molar-refractivity contribution in [2.24, 2.45) is 0 Å². The van der Waals surface area contributed by atoms with Gasteiger partial charge in [-0.2, -0.15) is 0 Å². The summed E-state index contributed by atoms with van der Waals surface area (Å²) in [6.07, 6.45) is 11.0. The fourth-order valence-electron chi connectivity index (χ4n) is 2.99. The van der Waals surface area contributed by atoms with Gasteiger partial charge in [-0.1, -0.05) is 29.8 Å². The number of nitrogens with one attached hydrogen (secondary N) is 2. The number of pyridine rings is 1. The zero-order valence-electron chi connectivity index (χ0n) is 13.7. The Labute approximate surface area is 141 Å². The van der Waals surface area contributed by atoms with Crippen LogP contribution in [0, 0.1) is 0 Å². The molecule has 4 heteroatoms. The Hall–Kier alpha value is -2.62. The van der Waals surface area contributed by atoms with Gasteiger partial charge in [0.2, 0.25) is 5.91 Å². The van der Waals surface area contributed by atoms with Crippen molar-refractivity contribution in [1.82, 2.24) is 10.3 Å². The molecule has 1 heterocycles. The molecule has 2 aromatic rings. The van der Waals surface area contributed by atoms with Gasteiger partial charge in [0.15, 0.2) is 0 Å². The standard InChI is InChI=1S/C20H22N2O2/c23-19(21-13-12-15-6-2-1-3-7-15)11-10-17-14-16-8-4-5-9-18(16)22-20(17)24/h4-6,8-11,14H,1-3,7,12-13H2,(H,21,23)(H,22,24)/b11-10+. The van der Waals surface area contributed by atoms with Gasteiger partial charge in [0, 0.05) is 23.7 Å². The summed E-state index contributed by atoms with van der Waals surface area (Å²) in [6.45, 7) is 0.642. The van der Waals surface area contributed by atoms with Crippen LogP contribution in [0.1, 0.15) is 37.7 Å². The van der Waals surface area contributed by atoms with Crippen LogP contribution < -0.4 is 10.9 Å². The molecule has 4 nitrogen and oxygen atoms in total. The maximum atomic E-state index is 12.0. The third-order valence-corrected chi connectivity index (χ3v) is 4.33. The lowest BCUT2D eigenvalue weighted by Gasteiger charge is -2.12. The van der Waals surface area contributed by atoms with E-state index in [1.807, 2.05) is 24.3 Å². The van der Waals surface area contributed by atoms with E-state index in [0.717, 1.165) is 30.2 Å². The second-order valence-corrected chi connectivity index (χ2v) is 6.12. The predicted octanol–water partition coefficient (Wildman–Crippen LogP) is 3.55. The minimum atomic E-state index is -0.190. The second kappa shape index (κ2) is 7.77. The number of aromatic nitrogens is 1. The van der Waals surface area contributed by atoms with Gasteiger partial charge in [-0.25, -0.2) is 0 Å². The van der Waals surface area contributed by atoms with E-state index in [-0.39, 0.29) is 11.5 Å². The summed E-state index contributed by atoms with van der Waals surface area (Å²) < 4.78 is 0. The van der Waals surface area contributed by atoms with Gasteiger partial charge in [-0.3, -0.25) is 9.59 Å². The largest absolute Gasteiger partial charge is 0.352 e. The number of carbonyl (C=O) groups excluding carboxylic acids is 1. The Kier molecular flexibility index (Phi) is 5.26. The molecule has 1 aromatic carbocycles. The molecule has 0 spiro atoms. The van der Waals surface area contributed by atoms with Crippen LogP contribution in [0.25, 0.3) is 17.0 Å². The van der Waals surface area contributed by atoms with Crippen molar-refractivity contribution in [3.05, 3.63) is 64.0 Å². The first-order valence-electron chi connectivity index (χ1n) is 8.48. The maximum Gasteiger partial charge on any atom is 0.255 e. The summed E-state index contributed by atoms with van der Waals surface area (Å²) >= 11 is 0. The molecule has 0 saturated carbocycles. The third-order valence-electron chi connectivity index (χ3n) is 4.33. The fourth-order valence-corrected chi connectivity index (χ4v) is 2.99. The normalized spacial score (nSPS) is 14.8. The smallest absolute Gasteiger partial charge is 0.255 e. The third kappa shape index (κ3) is 4.22. The average molecular weight is 322 g/mol. The topological polar surface area (TPSA) is 62.0 Å². The summed E-state index contributed by atoms with van der Waals surface area (Å²) in [5.41, 5.74) is 2.53. The molecule has 3 rings (SSSR count). The van der Waals surface area contributed by atoms with Crippen LogP contribution in [-0.2, 0) is 4.79 Å². The lowest BCUT2D eigenvalue weighted by Crippen LogP contribution is -2.22. The van der Waals surface area contributed by atoms with Crippen LogP contribution in [0.2, 0.25) is 0 Å². The van der Waals surface area contributed by atoms with Crippen molar-refractivity contribution in [2.45, 2.75) is 32.1 Å². The zero-order chi connectivity index (χ0) is 16.8. The van der Waals surface area contributed by atoms with Gasteiger partial charge in [-0.15, -0.1) is 0 Å². The van der Waals surface area contributed by atoms with Crippen molar-refractivity contribution in [1.29, 1.82) is 0 Å². The number of aromatic amines is 1. The molecule has 24 heavy (non-hydrogen) atoms. The minimum absolute atomic E-state index is 0.168. The average Bonchev–Trinajstić information content (AvgIpc) is 2.61. The first-order valence-corrected chi connectivity index (χ1v) is 8.48. The Morgan fingerprint density at radius 2 is 2.12 bits per heavy atom. The van der Waals surface area contributed by atoms with Crippen molar-refractivity contribution >= 4 is 22.9 Å². The molecular formula is C20H22N2O2. The zero-order valence-corrected chi connectivity index (χ0v) is 13.7. The van der Waals surface area contributed by atoms with Crippen LogP contribution in [0.4, 0.5) is 0 Å². The van der Waals surface area contributed by atoms with Crippen molar-refractivity contribution in [3.63, 3.8) is 0 Å². The number of benzene rings is 1. The van der Waals surface area contributed by atoms with Crippen LogP contribution in [0.5, 0.6) is 0 Å². The van der Waals surface area contributed by atoms with Gasteiger partial charge in [0.1, 0.15) is 0 Å². The molecule has 0 unspecified atom stereocenters. The molecular weight excluding hydrogens is 300 g/mol. The Bertz CT molecular complexity index is 846. The highest BCUT2D eigenvalue weighted by Gasteiger charge is 2.04. The Morgan fingerprint density at radius 3 is 2.96 bits per heavy atom. The number of para-hydroxylation sites is 1. The van der Waals surface area contributed by atoms with Crippen molar-refractivity contribution < 1.29 is 4.79 Å². The predicted molar refractivity (Wildman–Crippen MR) is 97.8 cm³/mol. The molecule has 1 aromatic heterocycles. The van der Waals surface area contributed by atoms with Gasteiger partial charge in [0.25, 0.3) is 5.56 Å². The molecule has 1 amide bonds. The highest BCUT2D eigenvalue weighted by Crippen LogP contribution is 2.19. The second-order valence-electron chi connectivity index (χ2n) is 6.12.